The van der Waals surface area contributed by atoms with Gasteiger partial charge in [-0.3, -0.25) is 4.79 Å². The molecule has 4 aromatic heterocycles. The SMILES string of the molecule is CC(=O)[C@@H]1C[C@H](Oc2ncc(-n3cc(Cl)cn3)cc2C2(F)CCOCC2)CN1c1nc(C(F)F)nc2c1oc1ccccc12. The van der Waals surface area contributed by atoms with Gasteiger partial charge in [0.1, 0.15) is 22.9 Å². The smallest absolute Gasteiger partial charge is 0.297 e. The maximum Gasteiger partial charge on any atom is 0.297 e. The fourth-order valence-electron chi connectivity index (χ4n) is 5.93. The van der Waals surface area contributed by atoms with E-state index in [2.05, 4.69) is 20.1 Å². The van der Waals surface area contributed by atoms with Crippen LogP contribution in [0.4, 0.5) is 19.0 Å². The molecule has 2 saturated heterocycles. The molecule has 1 aromatic carbocycles. The third-order valence-corrected chi connectivity index (χ3v) is 8.31. The van der Waals surface area contributed by atoms with Gasteiger partial charge in [0.2, 0.25) is 5.88 Å². The summed E-state index contributed by atoms with van der Waals surface area (Å²) in [5, 5.41) is 5.16. The van der Waals surface area contributed by atoms with Crippen LogP contribution in [-0.4, -0.2) is 62.4 Å². The normalized spacial score (nSPS) is 20.2. The Morgan fingerprint density at radius 1 is 1.18 bits per heavy atom. The number of aromatic nitrogens is 5. The van der Waals surface area contributed by atoms with E-state index in [0.717, 1.165) is 0 Å². The van der Waals surface area contributed by atoms with E-state index in [9.17, 15) is 13.6 Å². The minimum absolute atomic E-state index is 0.0652. The Kier molecular flexibility index (Phi) is 7.16. The fourth-order valence-corrected chi connectivity index (χ4v) is 6.07. The third-order valence-electron chi connectivity index (χ3n) is 8.12. The van der Waals surface area contributed by atoms with Crippen molar-refractivity contribution in [1.82, 2.24) is 24.7 Å². The molecule has 6 heterocycles. The number of hydrogen-bond acceptors (Lipinski definition) is 9. The van der Waals surface area contributed by atoms with Crippen molar-refractivity contribution < 1.29 is 31.9 Å². The average Bonchev–Trinajstić information content (AvgIpc) is 3.74. The Bertz CT molecular complexity index is 1870. The number of hydrogen-bond donors (Lipinski definition) is 0. The third kappa shape index (κ3) is 5.03. The first-order chi connectivity index (χ1) is 21.2. The molecule has 0 aliphatic carbocycles. The van der Waals surface area contributed by atoms with E-state index >= 15 is 4.39 Å². The highest BCUT2D eigenvalue weighted by Gasteiger charge is 2.42. The van der Waals surface area contributed by atoms with Crippen LogP contribution in [0.1, 0.15) is 44.0 Å². The van der Waals surface area contributed by atoms with Gasteiger partial charge in [-0.15, -0.1) is 0 Å². The Labute approximate surface area is 253 Å². The summed E-state index contributed by atoms with van der Waals surface area (Å²) < 4.78 is 63.7. The molecule has 0 bridgehead atoms. The molecular formula is C30H26ClF3N6O4. The van der Waals surface area contributed by atoms with E-state index in [4.69, 9.17) is 25.5 Å². The number of halogens is 4. The summed E-state index contributed by atoms with van der Waals surface area (Å²) >= 11 is 6.05. The fraction of sp³-hybridized carbons (Fsp3) is 0.367. The van der Waals surface area contributed by atoms with Gasteiger partial charge in [-0.25, -0.2) is 32.8 Å². The Balaban J connectivity index is 1.27. The summed E-state index contributed by atoms with van der Waals surface area (Å²) in [6, 6.07) is 7.81. The predicted molar refractivity (Wildman–Crippen MR) is 154 cm³/mol. The van der Waals surface area contributed by atoms with E-state index in [1.165, 1.54) is 24.0 Å². The molecule has 2 aliphatic rings. The second kappa shape index (κ2) is 11.0. The van der Waals surface area contributed by atoms with Crippen molar-refractivity contribution in [1.29, 1.82) is 0 Å². The molecule has 0 unspecified atom stereocenters. The van der Waals surface area contributed by atoms with Gasteiger partial charge in [0.05, 0.1) is 41.3 Å². The van der Waals surface area contributed by atoms with Crippen molar-refractivity contribution in [2.75, 3.05) is 24.7 Å². The van der Waals surface area contributed by atoms with Crippen LogP contribution in [-0.2, 0) is 15.2 Å². The van der Waals surface area contributed by atoms with Crippen LogP contribution >= 0.6 is 11.6 Å². The highest BCUT2D eigenvalue weighted by molar-refractivity contribution is 6.30. The number of para-hydroxylation sites is 1. The summed E-state index contributed by atoms with van der Waals surface area (Å²) in [6.45, 7) is 1.95. The predicted octanol–water partition coefficient (Wildman–Crippen LogP) is 6.14. The van der Waals surface area contributed by atoms with Gasteiger partial charge in [0, 0.05) is 44.1 Å². The molecule has 2 atom stereocenters. The number of pyridine rings is 1. The Hall–Kier alpha value is -4.23. The monoisotopic (exact) mass is 626 g/mol. The molecule has 2 aliphatic heterocycles. The number of carbonyl (C=O) groups excluding carboxylic acids is 1. The van der Waals surface area contributed by atoms with Gasteiger partial charge in [-0.05, 0) is 25.1 Å². The first kappa shape index (κ1) is 28.5. The molecular weight excluding hydrogens is 601 g/mol. The number of anilines is 1. The Morgan fingerprint density at radius 3 is 2.70 bits per heavy atom. The zero-order valence-corrected chi connectivity index (χ0v) is 24.2. The van der Waals surface area contributed by atoms with Crippen LogP contribution in [0.2, 0.25) is 5.02 Å². The first-order valence-corrected chi connectivity index (χ1v) is 14.5. The maximum atomic E-state index is 16.5. The standard InChI is InChI=1S/C30H26ClF3N6O4/c1-16(41)22-11-19(15-39(22)28-25-24(37-27(38-28)26(32)33)20-4-2-3-5-23(20)44-25)43-29-21(30(34)6-8-42-9-7-30)10-18(13-35-29)40-14-17(31)12-36-40/h2-5,10,12-14,19,22,26H,6-9,11,15H2,1H3/t19-,22-/m0/s1. The largest absolute Gasteiger partial charge is 0.472 e. The van der Waals surface area contributed by atoms with Gasteiger partial charge >= 0.3 is 0 Å². The van der Waals surface area contributed by atoms with Gasteiger partial charge in [-0.2, -0.15) is 5.10 Å². The summed E-state index contributed by atoms with van der Waals surface area (Å²) in [6.07, 6.45) is 1.32. The number of nitrogens with zero attached hydrogens (tertiary/aromatic N) is 6. The van der Waals surface area contributed by atoms with Crippen molar-refractivity contribution in [2.24, 2.45) is 0 Å². The van der Waals surface area contributed by atoms with Crippen molar-refractivity contribution in [2.45, 2.75) is 50.4 Å². The number of ether oxygens (including phenoxy) is 2. The summed E-state index contributed by atoms with van der Waals surface area (Å²) in [4.78, 5) is 27.2. The van der Waals surface area contributed by atoms with Crippen LogP contribution in [0.3, 0.4) is 0 Å². The second-order valence-electron chi connectivity index (χ2n) is 11.0. The van der Waals surface area contributed by atoms with Crippen molar-refractivity contribution >= 4 is 45.3 Å². The zero-order chi connectivity index (χ0) is 30.6. The lowest BCUT2D eigenvalue weighted by atomic mass is 9.88. The molecule has 5 aromatic rings. The number of fused-ring (bicyclic) bond motifs is 3. The molecule has 228 valence electrons. The van der Waals surface area contributed by atoms with Crippen molar-refractivity contribution in [3.8, 4) is 11.6 Å². The molecule has 10 nitrogen and oxygen atoms in total. The summed E-state index contributed by atoms with van der Waals surface area (Å²) in [7, 11) is 0. The summed E-state index contributed by atoms with van der Waals surface area (Å²) in [5.41, 5.74) is -0.203. The molecule has 7 rings (SSSR count). The molecule has 0 spiro atoms. The van der Waals surface area contributed by atoms with Crippen LogP contribution in [0.5, 0.6) is 5.88 Å². The quantitative estimate of drug-likeness (QED) is 0.210. The minimum atomic E-state index is -2.95. The average molecular weight is 627 g/mol. The Morgan fingerprint density at radius 2 is 1.98 bits per heavy atom. The number of carbonyl (C=O) groups is 1. The van der Waals surface area contributed by atoms with Crippen LogP contribution < -0.4 is 9.64 Å². The van der Waals surface area contributed by atoms with Gasteiger partial charge < -0.3 is 18.8 Å². The first-order valence-electron chi connectivity index (χ1n) is 14.1. The van der Waals surface area contributed by atoms with Crippen molar-refractivity contribution in [3.63, 3.8) is 0 Å². The summed E-state index contributed by atoms with van der Waals surface area (Å²) in [5.74, 6) is -0.764. The lowest BCUT2D eigenvalue weighted by molar-refractivity contribution is -0.118. The molecule has 0 amide bonds. The zero-order valence-electron chi connectivity index (χ0n) is 23.4. The van der Waals surface area contributed by atoms with E-state index in [0.29, 0.717) is 21.7 Å². The molecule has 44 heavy (non-hydrogen) atoms. The van der Waals surface area contributed by atoms with E-state index in [1.807, 2.05) is 0 Å². The van der Waals surface area contributed by atoms with Gasteiger partial charge in [0.25, 0.3) is 6.43 Å². The number of alkyl halides is 3. The molecule has 14 heteroatoms. The van der Waals surface area contributed by atoms with Crippen molar-refractivity contribution in [3.05, 3.63) is 65.3 Å². The second-order valence-corrected chi connectivity index (χ2v) is 11.4. The molecule has 2 fully saturated rings. The van der Waals surface area contributed by atoms with E-state index in [-0.39, 0.29) is 73.2 Å². The molecule has 0 radical (unpaired) electrons. The van der Waals surface area contributed by atoms with Crippen LogP contribution in [0.15, 0.2) is 53.3 Å². The number of ketones is 1. The molecule has 0 saturated carbocycles. The van der Waals surface area contributed by atoms with Gasteiger partial charge in [-0.1, -0.05) is 23.7 Å². The molecule has 0 N–H and O–H groups in total. The van der Waals surface area contributed by atoms with Crippen LogP contribution in [0.25, 0.3) is 27.8 Å². The van der Waals surface area contributed by atoms with E-state index < -0.39 is 30.1 Å². The van der Waals surface area contributed by atoms with Crippen LogP contribution in [0, 0.1) is 0 Å². The highest BCUT2D eigenvalue weighted by Crippen LogP contribution is 2.43. The highest BCUT2D eigenvalue weighted by atomic mass is 35.5. The number of Topliss-reactive ketones (excluding diaryl/α,β-unsaturated/α-hetero) is 1. The lowest BCUT2D eigenvalue weighted by Crippen LogP contribution is -2.36. The number of rotatable bonds is 7. The number of furan rings is 1. The van der Waals surface area contributed by atoms with E-state index in [1.54, 1.807) is 41.4 Å². The topological polar surface area (TPSA) is 108 Å². The lowest BCUT2D eigenvalue weighted by Gasteiger charge is -2.31. The number of benzene rings is 1. The minimum Gasteiger partial charge on any atom is -0.472 e. The van der Waals surface area contributed by atoms with Gasteiger partial charge in [0.15, 0.2) is 23.0 Å². The maximum absolute atomic E-state index is 16.5.